The highest BCUT2D eigenvalue weighted by atomic mass is 15.3. The fourth-order valence-electron chi connectivity index (χ4n) is 1.54. The van der Waals surface area contributed by atoms with Crippen molar-refractivity contribution in [1.82, 2.24) is 25.4 Å². The van der Waals surface area contributed by atoms with Gasteiger partial charge in [-0.3, -0.25) is 0 Å². The molecule has 0 fully saturated rings. The summed E-state index contributed by atoms with van der Waals surface area (Å²) in [6, 6.07) is 0. The predicted molar refractivity (Wildman–Crippen MR) is 73.4 cm³/mol. The van der Waals surface area contributed by atoms with Gasteiger partial charge in [-0.05, 0) is 20.3 Å². The molecule has 0 radical (unpaired) electrons. The lowest BCUT2D eigenvalue weighted by atomic mass is 10.3. The zero-order chi connectivity index (χ0) is 13.2. The third kappa shape index (κ3) is 4.73. The molecule has 0 saturated heterocycles. The lowest BCUT2D eigenvalue weighted by Crippen LogP contribution is -2.37. The molecule has 1 rings (SSSR count). The van der Waals surface area contributed by atoms with E-state index in [1.165, 1.54) is 6.42 Å². The topological polar surface area (TPSA) is 67.1 Å². The highest BCUT2D eigenvalue weighted by Gasteiger charge is 2.02. The molecule has 6 nitrogen and oxygen atoms in total. The van der Waals surface area contributed by atoms with E-state index in [4.69, 9.17) is 0 Å². The maximum atomic E-state index is 4.51. The molecule has 0 bridgehead atoms. The minimum absolute atomic E-state index is 0.551. The molecule has 0 aliphatic rings. The number of aromatic nitrogens is 3. The number of rotatable bonds is 7. The normalized spacial score (nSPS) is 11.6. The molecule has 1 heterocycles. The van der Waals surface area contributed by atoms with E-state index >= 15 is 0 Å². The number of aliphatic imine (C=N–C) groups is 1. The van der Waals surface area contributed by atoms with Gasteiger partial charge in [-0.2, -0.15) is 0 Å². The third-order valence-electron chi connectivity index (χ3n) is 2.58. The Kier molecular flexibility index (Phi) is 6.83. The van der Waals surface area contributed by atoms with E-state index in [-0.39, 0.29) is 0 Å². The molecule has 102 valence electrons. The van der Waals surface area contributed by atoms with E-state index in [1.807, 2.05) is 4.57 Å². The van der Waals surface area contributed by atoms with Gasteiger partial charge in [0, 0.05) is 19.6 Å². The van der Waals surface area contributed by atoms with Crippen molar-refractivity contribution in [2.24, 2.45) is 4.99 Å². The molecule has 0 saturated carbocycles. The largest absolute Gasteiger partial charge is 0.357 e. The molecule has 0 aromatic carbocycles. The second-order valence-corrected chi connectivity index (χ2v) is 4.01. The minimum atomic E-state index is 0.551. The van der Waals surface area contributed by atoms with Gasteiger partial charge >= 0.3 is 0 Å². The van der Waals surface area contributed by atoms with Gasteiger partial charge in [0.15, 0.2) is 11.8 Å². The number of aryl methyl sites for hydroxylation is 1. The number of guanidine groups is 1. The molecule has 0 aliphatic carbocycles. The van der Waals surface area contributed by atoms with Gasteiger partial charge in [-0.1, -0.05) is 13.3 Å². The van der Waals surface area contributed by atoms with Gasteiger partial charge in [0.25, 0.3) is 0 Å². The Balaban J connectivity index is 2.53. The third-order valence-corrected chi connectivity index (χ3v) is 2.58. The molecule has 6 heteroatoms. The number of nitrogens with zero attached hydrogens (tertiary/aromatic N) is 4. The quantitative estimate of drug-likeness (QED) is 0.434. The van der Waals surface area contributed by atoms with Gasteiger partial charge in [0.05, 0.1) is 0 Å². The van der Waals surface area contributed by atoms with E-state index in [2.05, 4.69) is 46.6 Å². The molecule has 2 N–H and O–H groups in total. The van der Waals surface area contributed by atoms with Gasteiger partial charge in [0.1, 0.15) is 12.9 Å². The van der Waals surface area contributed by atoms with Gasteiger partial charge in [-0.15, -0.1) is 10.2 Å². The van der Waals surface area contributed by atoms with Crippen LogP contribution in [0.5, 0.6) is 0 Å². The van der Waals surface area contributed by atoms with Crippen LogP contribution >= 0.6 is 0 Å². The van der Waals surface area contributed by atoms with Crippen LogP contribution in [0.3, 0.4) is 0 Å². The summed E-state index contributed by atoms with van der Waals surface area (Å²) in [7, 11) is 0. The van der Waals surface area contributed by atoms with Crippen LogP contribution in [0.4, 0.5) is 0 Å². The van der Waals surface area contributed by atoms with Gasteiger partial charge in [0.2, 0.25) is 0 Å². The number of nitrogens with one attached hydrogen (secondary N) is 2. The summed E-state index contributed by atoms with van der Waals surface area (Å²) >= 11 is 0. The highest BCUT2D eigenvalue weighted by molar-refractivity contribution is 5.79. The first-order valence-corrected chi connectivity index (χ1v) is 6.70. The average Bonchev–Trinajstić information content (AvgIpc) is 2.83. The Labute approximate surface area is 109 Å². The van der Waals surface area contributed by atoms with E-state index in [9.17, 15) is 0 Å². The lowest BCUT2D eigenvalue weighted by molar-refractivity contribution is 0.689. The Morgan fingerprint density at radius 1 is 1.33 bits per heavy atom. The SMILES string of the molecule is CCCCNC(=NCc1nncn1CC)NCC. The highest BCUT2D eigenvalue weighted by Crippen LogP contribution is 1.96. The van der Waals surface area contributed by atoms with Crippen molar-refractivity contribution < 1.29 is 0 Å². The van der Waals surface area contributed by atoms with Crippen molar-refractivity contribution in [2.75, 3.05) is 13.1 Å². The summed E-state index contributed by atoms with van der Waals surface area (Å²) in [5.74, 6) is 1.74. The lowest BCUT2D eigenvalue weighted by Gasteiger charge is -2.10. The molecular weight excluding hydrogens is 228 g/mol. The maximum absolute atomic E-state index is 4.51. The first-order chi connectivity index (χ1) is 8.81. The second-order valence-electron chi connectivity index (χ2n) is 4.01. The van der Waals surface area contributed by atoms with Crippen LogP contribution in [0.15, 0.2) is 11.3 Å². The summed E-state index contributed by atoms with van der Waals surface area (Å²) in [6.45, 7) is 9.54. The Hall–Kier alpha value is -1.59. The average molecular weight is 252 g/mol. The Morgan fingerprint density at radius 2 is 2.17 bits per heavy atom. The minimum Gasteiger partial charge on any atom is -0.357 e. The van der Waals surface area contributed by atoms with Crippen LogP contribution in [0.2, 0.25) is 0 Å². The molecule has 0 atom stereocenters. The van der Waals surface area contributed by atoms with E-state index in [0.29, 0.717) is 6.54 Å². The van der Waals surface area contributed by atoms with Crippen LogP contribution in [-0.4, -0.2) is 33.8 Å². The molecule has 18 heavy (non-hydrogen) atoms. The zero-order valence-corrected chi connectivity index (χ0v) is 11.6. The fraction of sp³-hybridized carbons (Fsp3) is 0.750. The molecule has 0 aliphatic heterocycles. The zero-order valence-electron chi connectivity index (χ0n) is 11.6. The maximum Gasteiger partial charge on any atom is 0.191 e. The fourth-order valence-corrected chi connectivity index (χ4v) is 1.54. The second kappa shape index (κ2) is 8.49. The summed E-state index contributed by atoms with van der Waals surface area (Å²) < 4.78 is 2.00. The summed E-state index contributed by atoms with van der Waals surface area (Å²) in [5, 5.41) is 14.5. The molecule has 0 unspecified atom stereocenters. The smallest absolute Gasteiger partial charge is 0.191 e. The monoisotopic (exact) mass is 252 g/mol. The van der Waals surface area contributed by atoms with E-state index in [0.717, 1.165) is 37.8 Å². The first kappa shape index (κ1) is 14.5. The van der Waals surface area contributed by atoms with Crippen LogP contribution in [-0.2, 0) is 13.1 Å². The van der Waals surface area contributed by atoms with Crippen molar-refractivity contribution in [3.05, 3.63) is 12.2 Å². The molecule has 0 spiro atoms. The van der Waals surface area contributed by atoms with Gasteiger partial charge in [-0.25, -0.2) is 4.99 Å². The van der Waals surface area contributed by atoms with Crippen LogP contribution in [0, 0.1) is 0 Å². The standard InChI is InChI=1S/C12H24N6/c1-4-7-8-14-12(13-5-2)15-9-11-17-16-10-18(11)6-3/h10H,4-9H2,1-3H3,(H2,13,14,15). The van der Waals surface area contributed by atoms with Crippen molar-refractivity contribution >= 4 is 5.96 Å². The molecule has 1 aromatic rings. The summed E-state index contributed by atoms with van der Waals surface area (Å²) in [4.78, 5) is 4.51. The van der Waals surface area contributed by atoms with E-state index < -0.39 is 0 Å². The van der Waals surface area contributed by atoms with Crippen LogP contribution < -0.4 is 10.6 Å². The molecule has 1 aromatic heterocycles. The Bertz CT molecular complexity index is 357. The summed E-state index contributed by atoms with van der Waals surface area (Å²) in [6.07, 6.45) is 4.06. The van der Waals surface area contributed by atoms with Crippen LogP contribution in [0.1, 0.15) is 39.4 Å². The van der Waals surface area contributed by atoms with Crippen molar-refractivity contribution in [1.29, 1.82) is 0 Å². The van der Waals surface area contributed by atoms with E-state index in [1.54, 1.807) is 6.33 Å². The molecule has 0 amide bonds. The van der Waals surface area contributed by atoms with Crippen molar-refractivity contribution in [2.45, 2.75) is 46.7 Å². The number of hydrogen-bond donors (Lipinski definition) is 2. The van der Waals surface area contributed by atoms with Crippen molar-refractivity contribution in [3.8, 4) is 0 Å². The van der Waals surface area contributed by atoms with Crippen molar-refractivity contribution in [3.63, 3.8) is 0 Å². The number of hydrogen-bond acceptors (Lipinski definition) is 3. The first-order valence-electron chi connectivity index (χ1n) is 6.70. The molecular formula is C12H24N6. The predicted octanol–water partition coefficient (Wildman–Crippen LogP) is 1.15. The van der Waals surface area contributed by atoms with Gasteiger partial charge < -0.3 is 15.2 Å². The van der Waals surface area contributed by atoms with Crippen LogP contribution in [0.25, 0.3) is 0 Å². The number of unbranched alkanes of at least 4 members (excludes halogenated alkanes) is 1. The summed E-state index contributed by atoms with van der Waals surface area (Å²) in [5.41, 5.74) is 0. The Morgan fingerprint density at radius 3 is 2.83 bits per heavy atom.